The molecular formula is C12H18FN3O. The van der Waals surface area contributed by atoms with Gasteiger partial charge in [0.2, 0.25) is 0 Å². The second-order valence-electron chi connectivity index (χ2n) is 4.06. The first-order valence-corrected chi connectivity index (χ1v) is 5.55. The number of nitrogens with one attached hydrogen (secondary N) is 1. The average Bonchev–Trinajstić information content (AvgIpc) is 2.26. The van der Waals surface area contributed by atoms with Crippen LogP contribution >= 0.6 is 0 Å². The Hall–Kier alpha value is -1.78. The largest absolute Gasteiger partial charge is 0.409 e. The van der Waals surface area contributed by atoms with E-state index < -0.39 is 0 Å². The van der Waals surface area contributed by atoms with E-state index in [1.165, 1.54) is 12.1 Å². The lowest BCUT2D eigenvalue weighted by molar-refractivity contribution is 0.316. The highest BCUT2D eigenvalue weighted by molar-refractivity contribution is 5.80. The van der Waals surface area contributed by atoms with Crippen LogP contribution in [0.5, 0.6) is 0 Å². The summed E-state index contributed by atoms with van der Waals surface area (Å²) in [6.07, 6.45) is 1.22. The van der Waals surface area contributed by atoms with Crippen LogP contribution in [0.4, 0.5) is 10.1 Å². The van der Waals surface area contributed by atoms with Crippen molar-refractivity contribution in [1.82, 2.24) is 0 Å². The number of hydrogen-bond donors (Lipinski definition) is 3. The first-order valence-electron chi connectivity index (χ1n) is 5.55. The fourth-order valence-electron chi connectivity index (χ4n) is 1.65. The van der Waals surface area contributed by atoms with Gasteiger partial charge in [-0.1, -0.05) is 12.1 Å². The molecular weight excluding hydrogens is 221 g/mol. The van der Waals surface area contributed by atoms with Crippen LogP contribution in [0.3, 0.4) is 0 Å². The summed E-state index contributed by atoms with van der Waals surface area (Å²) in [7, 11) is 0. The van der Waals surface area contributed by atoms with Crippen molar-refractivity contribution in [3.8, 4) is 0 Å². The number of nitrogens with zero attached hydrogens (tertiary/aromatic N) is 1. The predicted molar refractivity (Wildman–Crippen MR) is 66.9 cm³/mol. The van der Waals surface area contributed by atoms with Gasteiger partial charge in [0.1, 0.15) is 11.7 Å². The van der Waals surface area contributed by atoms with E-state index in [1.54, 1.807) is 0 Å². The standard InChI is InChI=1S/C12H18FN3O/c1-3-10(7-12(14)16-17)15-11-5-8(2)4-9(13)6-11/h4-6,10,15,17H,3,7H2,1-2H3,(H2,14,16). The van der Waals surface area contributed by atoms with Gasteiger partial charge in [-0.2, -0.15) is 0 Å². The molecule has 1 rings (SSSR count). The minimum atomic E-state index is -0.272. The van der Waals surface area contributed by atoms with Gasteiger partial charge in [-0.25, -0.2) is 4.39 Å². The molecule has 17 heavy (non-hydrogen) atoms. The van der Waals surface area contributed by atoms with Crippen molar-refractivity contribution in [3.05, 3.63) is 29.6 Å². The quantitative estimate of drug-likeness (QED) is 0.320. The Labute approximate surface area is 100 Å². The van der Waals surface area contributed by atoms with Crippen LogP contribution in [-0.2, 0) is 0 Å². The lowest BCUT2D eigenvalue weighted by Gasteiger charge is -2.18. The van der Waals surface area contributed by atoms with Crippen molar-refractivity contribution < 1.29 is 9.60 Å². The Bertz CT molecular complexity index is 386. The van der Waals surface area contributed by atoms with E-state index in [1.807, 2.05) is 19.9 Å². The third kappa shape index (κ3) is 4.30. The van der Waals surface area contributed by atoms with Gasteiger partial charge >= 0.3 is 0 Å². The average molecular weight is 239 g/mol. The minimum Gasteiger partial charge on any atom is -0.409 e. The number of aryl methyl sites for hydroxylation is 1. The van der Waals surface area contributed by atoms with E-state index in [0.29, 0.717) is 12.1 Å². The number of anilines is 1. The Morgan fingerprint density at radius 3 is 2.76 bits per heavy atom. The number of oxime groups is 1. The molecule has 0 fully saturated rings. The Kier molecular flexibility index (Phi) is 4.75. The predicted octanol–water partition coefficient (Wildman–Crippen LogP) is 2.46. The number of nitrogens with two attached hydrogens (primary N) is 1. The Balaban J connectivity index is 2.73. The maximum absolute atomic E-state index is 13.2. The first-order chi connectivity index (χ1) is 8.05. The van der Waals surface area contributed by atoms with Crippen LogP contribution in [0.15, 0.2) is 23.4 Å². The zero-order valence-electron chi connectivity index (χ0n) is 10.1. The summed E-state index contributed by atoms with van der Waals surface area (Å²) in [5.74, 6) is -0.108. The minimum absolute atomic E-state index is 0.0205. The highest BCUT2D eigenvalue weighted by Gasteiger charge is 2.09. The molecule has 1 aromatic carbocycles. The second-order valence-corrected chi connectivity index (χ2v) is 4.06. The summed E-state index contributed by atoms with van der Waals surface area (Å²) in [6.45, 7) is 3.81. The monoisotopic (exact) mass is 239 g/mol. The van der Waals surface area contributed by atoms with Crippen molar-refractivity contribution in [3.63, 3.8) is 0 Å². The molecule has 0 heterocycles. The van der Waals surface area contributed by atoms with Gasteiger partial charge in [0.15, 0.2) is 0 Å². The van der Waals surface area contributed by atoms with Crippen LogP contribution in [0.25, 0.3) is 0 Å². The van der Waals surface area contributed by atoms with E-state index in [4.69, 9.17) is 10.9 Å². The topological polar surface area (TPSA) is 70.6 Å². The maximum Gasteiger partial charge on any atom is 0.141 e. The van der Waals surface area contributed by atoms with Crippen molar-refractivity contribution in [2.24, 2.45) is 10.9 Å². The molecule has 0 saturated heterocycles. The molecule has 0 saturated carbocycles. The van der Waals surface area contributed by atoms with Crippen LogP contribution < -0.4 is 11.1 Å². The summed E-state index contributed by atoms with van der Waals surface area (Å²) < 4.78 is 13.2. The molecule has 5 heteroatoms. The van der Waals surface area contributed by atoms with Crippen LogP contribution in [-0.4, -0.2) is 17.1 Å². The van der Waals surface area contributed by atoms with Gasteiger partial charge in [0.25, 0.3) is 0 Å². The molecule has 1 atom stereocenters. The van der Waals surface area contributed by atoms with Crippen molar-refractivity contribution in [2.45, 2.75) is 32.7 Å². The van der Waals surface area contributed by atoms with Gasteiger partial charge in [0, 0.05) is 18.2 Å². The number of rotatable bonds is 5. The zero-order chi connectivity index (χ0) is 12.8. The maximum atomic E-state index is 13.2. The molecule has 0 aliphatic carbocycles. The van der Waals surface area contributed by atoms with E-state index in [2.05, 4.69) is 10.5 Å². The van der Waals surface area contributed by atoms with Gasteiger partial charge in [-0.05, 0) is 37.1 Å². The molecule has 0 aliphatic heterocycles. The lowest BCUT2D eigenvalue weighted by Crippen LogP contribution is -2.26. The van der Waals surface area contributed by atoms with E-state index in [0.717, 1.165) is 12.0 Å². The highest BCUT2D eigenvalue weighted by atomic mass is 19.1. The van der Waals surface area contributed by atoms with Gasteiger partial charge < -0.3 is 16.3 Å². The van der Waals surface area contributed by atoms with E-state index >= 15 is 0 Å². The van der Waals surface area contributed by atoms with Gasteiger partial charge in [-0.15, -0.1) is 0 Å². The number of amidine groups is 1. The summed E-state index contributed by atoms with van der Waals surface area (Å²) in [5, 5.41) is 14.6. The molecule has 0 aliphatic rings. The second kappa shape index (κ2) is 6.08. The molecule has 0 radical (unpaired) electrons. The summed E-state index contributed by atoms with van der Waals surface area (Å²) >= 11 is 0. The van der Waals surface area contributed by atoms with Crippen LogP contribution in [0, 0.1) is 12.7 Å². The number of benzene rings is 1. The fourth-order valence-corrected chi connectivity index (χ4v) is 1.65. The smallest absolute Gasteiger partial charge is 0.141 e. The summed E-state index contributed by atoms with van der Waals surface area (Å²) in [6, 6.07) is 4.78. The molecule has 4 N–H and O–H groups in total. The van der Waals surface area contributed by atoms with E-state index in [-0.39, 0.29) is 17.7 Å². The molecule has 4 nitrogen and oxygen atoms in total. The zero-order valence-corrected chi connectivity index (χ0v) is 10.1. The highest BCUT2D eigenvalue weighted by Crippen LogP contribution is 2.16. The number of halogens is 1. The summed E-state index contributed by atoms with van der Waals surface area (Å²) in [5.41, 5.74) is 7.01. The molecule has 94 valence electrons. The molecule has 0 aromatic heterocycles. The first kappa shape index (κ1) is 13.3. The Morgan fingerprint density at radius 2 is 2.24 bits per heavy atom. The normalized spacial score (nSPS) is 13.5. The van der Waals surface area contributed by atoms with Gasteiger partial charge in [-0.3, -0.25) is 0 Å². The van der Waals surface area contributed by atoms with Crippen molar-refractivity contribution >= 4 is 11.5 Å². The molecule has 1 aromatic rings. The third-order valence-electron chi connectivity index (χ3n) is 2.49. The molecule has 0 amide bonds. The molecule has 0 bridgehead atoms. The lowest BCUT2D eigenvalue weighted by atomic mass is 10.1. The SMILES string of the molecule is CCC(CC(N)=NO)Nc1cc(C)cc(F)c1. The van der Waals surface area contributed by atoms with Gasteiger partial charge in [0.05, 0.1) is 0 Å². The number of hydrogen-bond acceptors (Lipinski definition) is 3. The summed E-state index contributed by atoms with van der Waals surface area (Å²) in [4.78, 5) is 0. The van der Waals surface area contributed by atoms with Crippen molar-refractivity contribution in [1.29, 1.82) is 0 Å². The van der Waals surface area contributed by atoms with Crippen LogP contribution in [0.1, 0.15) is 25.3 Å². The van der Waals surface area contributed by atoms with Crippen molar-refractivity contribution in [2.75, 3.05) is 5.32 Å². The van der Waals surface area contributed by atoms with Crippen LogP contribution in [0.2, 0.25) is 0 Å². The Morgan fingerprint density at radius 1 is 1.53 bits per heavy atom. The molecule has 1 unspecified atom stereocenters. The fraction of sp³-hybridized carbons (Fsp3) is 0.417. The third-order valence-corrected chi connectivity index (χ3v) is 2.49. The molecule has 0 spiro atoms. The van der Waals surface area contributed by atoms with E-state index in [9.17, 15) is 4.39 Å².